The molecule has 2 aromatic carbocycles. The highest BCUT2D eigenvalue weighted by molar-refractivity contribution is 5.94. The van der Waals surface area contributed by atoms with E-state index in [0.29, 0.717) is 22.8 Å². The van der Waals surface area contributed by atoms with Crippen molar-refractivity contribution in [3.63, 3.8) is 0 Å². The third kappa shape index (κ3) is 4.00. The number of hydrogen-bond donors (Lipinski definition) is 0. The molecule has 8 heteroatoms. The molecule has 0 N–H and O–H groups in total. The summed E-state index contributed by atoms with van der Waals surface area (Å²) in [6.07, 6.45) is 0. The van der Waals surface area contributed by atoms with Crippen LogP contribution in [0.2, 0.25) is 0 Å². The molecule has 138 valence electrons. The van der Waals surface area contributed by atoms with Crippen LogP contribution < -0.4 is 0 Å². The van der Waals surface area contributed by atoms with Crippen molar-refractivity contribution in [1.82, 2.24) is 15.0 Å². The average molecular weight is 366 g/mol. The Hall–Kier alpha value is -3.55. The van der Waals surface area contributed by atoms with Gasteiger partial charge in [-0.25, -0.2) is 0 Å². The van der Waals surface area contributed by atoms with Crippen LogP contribution in [0.25, 0.3) is 11.4 Å². The summed E-state index contributed by atoms with van der Waals surface area (Å²) in [5.41, 5.74) is 2.69. The molecule has 1 aromatic heterocycles. The van der Waals surface area contributed by atoms with E-state index in [1.807, 2.05) is 31.2 Å². The molecule has 0 aliphatic heterocycles. The van der Waals surface area contributed by atoms with Crippen molar-refractivity contribution in [1.29, 1.82) is 0 Å². The number of carbonyl (C=O) groups excluding carboxylic acids is 1. The lowest BCUT2D eigenvalue weighted by Crippen LogP contribution is -2.26. The average Bonchev–Trinajstić information content (AvgIpc) is 3.09. The normalized spacial score (nSPS) is 10.6. The Bertz CT molecular complexity index is 1010. The van der Waals surface area contributed by atoms with Crippen molar-refractivity contribution in [3.8, 4) is 11.4 Å². The van der Waals surface area contributed by atoms with E-state index in [9.17, 15) is 14.9 Å². The lowest BCUT2D eigenvalue weighted by molar-refractivity contribution is -0.385. The van der Waals surface area contributed by atoms with Crippen LogP contribution in [0.15, 0.2) is 47.0 Å². The first-order valence-electron chi connectivity index (χ1n) is 8.25. The maximum atomic E-state index is 12.6. The molecule has 1 heterocycles. The fourth-order valence-electron chi connectivity index (χ4n) is 2.71. The monoisotopic (exact) mass is 366 g/mol. The first-order chi connectivity index (χ1) is 12.8. The Morgan fingerprint density at radius 1 is 1.22 bits per heavy atom. The number of nitrogens with zero attached hydrogens (tertiary/aromatic N) is 4. The fourth-order valence-corrected chi connectivity index (χ4v) is 2.71. The fraction of sp³-hybridized carbons (Fsp3) is 0.211. The molecule has 8 nitrogen and oxygen atoms in total. The number of aryl methyl sites for hydroxylation is 2. The maximum Gasteiger partial charge on any atom is 0.272 e. The van der Waals surface area contributed by atoms with Crippen molar-refractivity contribution in [2.45, 2.75) is 20.4 Å². The number of nitro benzene ring substituents is 1. The highest BCUT2D eigenvalue weighted by atomic mass is 16.6. The van der Waals surface area contributed by atoms with E-state index in [4.69, 9.17) is 4.52 Å². The largest absolute Gasteiger partial charge is 0.337 e. The van der Waals surface area contributed by atoms with Crippen LogP contribution in [0.5, 0.6) is 0 Å². The summed E-state index contributed by atoms with van der Waals surface area (Å²) in [6.45, 7) is 3.71. The van der Waals surface area contributed by atoms with Crippen LogP contribution in [0, 0.1) is 24.0 Å². The second kappa shape index (κ2) is 7.36. The van der Waals surface area contributed by atoms with E-state index in [1.165, 1.54) is 23.1 Å². The molecule has 0 radical (unpaired) electrons. The number of benzene rings is 2. The Balaban J connectivity index is 1.74. The van der Waals surface area contributed by atoms with Crippen LogP contribution >= 0.6 is 0 Å². The second-order valence-corrected chi connectivity index (χ2v) is 6.30. The lowest BCUT2D eigenvalue weighted by atomic mass is 10.1. The molecule has 0 spiro atoms. The van der Waals surface area contributed by atoms with Gasteiger partial charge >= 0.3 is 0 Å². The zero-order chi connectivity index (χ0) is 19.6. The SMILES string of the molecule is Cc1cccc(-c2noc(CN(C)C(=O)c3ccc([N+](=O)[O-])c(C)c3)n2)c1. The predicted octanol–water partition coefficient (Wildman–Crippen LogP) is 3.53. The first-order valence-corrected chi connectivity index (χ1v) is 8.25. The number of amides is 1. The van der Waals surface area contributed by atoms with Gasteiger partial charge in [-0.3, -0.25) is 14.9 Å². The summed E-state index contributed by atoms with van der Waals surface area (Å²) in [7, 11) is 1.61. The molecule has 27 heavy (non-hydrogen) atoms. The van der Waals surface area contributed by atoms with E-state index in [1.54, 1.807) is 14.0 Å². The van der Waals surface area contributed by atoms with Gasteiger partial charge in [-0.05, 0) is 32.0 Å². The summed E-state index contributed by atoms with van der Waals surface area (Å²) in [6, 6.07) is 12.0. The number of nitro groups is 1. The van der Waals surface area contributed by atoms with Crippen LogP contribution in [-0.2, 0) is 6.54 Å². The van der Waals surface area contributed by atoms with Gasteiger partial charge in [0.2, 0.25) is 11.7 Å². The van der Waals surface area contributed by atoms with Crippen molar-refractivity contribution in [2.75, 3.05) is 7.05 Å². The Kier molecular flexibility index (Phi) is 4.98. The first kappa shape index (κ1) is 18.2. The minimum absolute atomic E-state index is 0.0195. The van der Waals surface area contributed by atoms with E-state index in [0.717, 1.165) is 11.1 Å². The van der Waals surface area contributed by atoms with Crippen molar-refractivity contribution >= 4 is 11.6 Å². The highest BCUT2D eigenvalue weighted by Crippen LogP contribution is 2.21. The van der Waals surface area contributed by atoms with Gasteiger partial charge in [0.15, 0.2) is 0 Å². The molecule has 0 unspecified atom stereocenters. The summed E-state index contributed by atoms with van der Waals surface area (Å²) >= 11 is 0. The summed E-state index contributed by atoms with van der Waals surface area (Å²) in [4.78, 5) is 28.8. The van der Waals surface area contributed by atoms with Crippen LogP contribution in [0.4, 0.5) is 5.69 Å². The number of aromatic nitrogens is 2. The van der Waals surface area contributed by atoms with Gasteiger partial charge in [0, 0.05) is 29.8 Å². The predicted molar refractivity (Wildman–Crippen MR) is 98.1 cm³/mol. The minimum atomic E-state index is -0.474. The molecule has 0 aliphatic rings. The molecular weight excluding hydrogens is 348 g/mol. The van der Waals surface area contributed by atoms with E-state index >= 15 is 0 Å². The molecule has 0 saturated carbocycles. The molecule has 0 fully saturated rings. The van der Waals surface area contributed by atoms with Crippen molar-refractivity contribution in [3.05, 3.63) is 75.2 Å². The zero-order valence-electron chi connectivity index (χ0n) is 15.2. The van der Waals surface area contributed by atoms with Gasteiger partial charge in [-0.2, -0.15) is 4.98 Å². The third-order valence-electron chi connectivity index (χ3n) is 4.10. The number of carbonyl (C=O) groups is 1. The standard InChI is InChI=1S/C19H18N4O4/c1-12-5-4-6-14(9-12)18-20-17(27-21-18)11-22(3)19(24)15-7-8-16(23(25)26)13(2)10-15/h4-10H,11H2,1-3H3. The van der Waals surface area contributed by atoms with Crippen LogP contribution in [0.1, 0.15) is 27.4 Å². The van der Waals surface area contributed by atoms with Gasteiger partial charge in [0.05, 0.1) is 11.5 Å². The molecule has 1 amide bonds. The van der Waals surface area contributed by atoms with Gasteiger partial charge < -0.3 is 9.42 Å². The van der Waals surface area contributed by atoms with E-state index < -0.39 is 4.92 Å². The zero-order valence-corrected chi connectivity index (χ0v) is 15.2. The quantitative estimate of drug-likeness (QED) is 0.505. The van der Waals surface area contributed by atoms with Crippen molar-refractivity contribution in [2.24, 2.45) is 0 Å². The molecular formula is C19H18N4O4. The molecule has 0 aliphatic carbocycles. The Morgan fingerprint density at radius 3 is 2.67 bits per heavy atom. The van der Waals surface area contributed by atoms with E-state index in [-0.39, 0.29) is 18.1 Å². The number of hydrogen-bond acceptors (Lipinski definition) is 6. The third-order valence-corrected chi connectivity index (χ3v) is 4.10. The minimum Gasteiger partial charge on any atom is -0.337 e. The van der Waals surface area contributed by atoms with Gasteiger partial charge in [-0.1, -0.05) is 28.9 Å². The maximum absolute atomic E-state index is 12.6. The molecule has 3 rings (SSSR count). The second-order valence-electron chi connectivity index (χ2n) is 6.30. The molecule has 0 bridgehead atoms. The van der Waals surface area contributed by atoms with E-state index in [2.05, 4.69) is 10.1 Å². The highest BCUT2D eigenvalue weighted by Gasteiger charge is 2.19. The molecule has 0 saturated heterocycles. The Labute approximate surface area is 155 Å². The van der Waals surface area contributed by atoms with Crippen molar-refractivity contribution < 1.29 is 14.2 Å². The number of rotatable bonds is 5. The lowest BCUT2D eigenvalue weighted by Gasteiger charge is -2.15. The molecule has 3 aromatic rings. The summed E-state index contributed by atoms with van der Waals surface area (Å²) in [5, 5.41) is 14.9. The topological polar surface area (TPSA) is 102 Å². The summed E-state index contributed by atoms with van der Waals surface area (Å²) < 4.78 is 5.25. The van der Waals surface area contributed by atoms with Gasteiger partial charge in [0.1, 0.15) is 0 Å². The van der Waals surface area contributed by atoms with Crippen LogP contribution in [-0.4, -0.2) is 32.9 Å². The van der Waals surface area contributed by atoms with Gasteiger partial charge in [0.25, 0.3) is 11.6 Å². The smallest absolute Gasteiger partial charge is 0.272 e. The van der Waals surface area contributed by atoms with Gasteiger partial charge in [-0.15, -0.1) is 0 Å². The summed E-state index contributed by atoms with van der Waals surface area (Å²) in [5.74, 6) is 0.477. The Morgan fingerprint density at radius 2 is 2.00 bits per heavy atom. The molecule has 0 atom stereocenters. The van der Waals surface area contributed by atoms with Crippen LogP contribution in [0.3, 0.4) is 0 Å².